The van der Waals surface area contributed by atoms with Crippen LogP contribution >= 0.6 is 0 Å². The van der Waals surface area contributed by atoms with Crippen molar-refractivity contribution in [3.05, 3.63) is 36.5 Å². The normalized spacial score (nSPS) is 19.8. The molecular formula is C17H26N4O2. The predicted molar refractivity (Wildman–Crippen MR) is 91.7 cm³/mol. The van der Waals surface area contributed by atoms with Crippen molar-refractivity contribution in [2.45, 2.75) is 25.9 Å². The number of anilines is 1. The van der Waals surface area contributed by atoms with Crippen molar-refractivity contribution in [2.24, 2.45) is 0 Å². The van der Waals surface area contributed by atoms with E-state index in [9.17, 15) is 4.79 Å². The molecule has 126 valence electrons. The van der Waals surface area contributed by atoms with Crippen molar-refractivity contribution in [2.75, 3.05) is 38.2 Å². The third kappa shape index (κ3) is 5.04. The van der Waals surface area contributed by atoms with E-state index < -0.39 is 0 Å². The first kappa shape index (κ1) is 17.4. The Balaban J connectivity index is 1.83. The van der Waals surface area contributed by atoms with Crippen LogP contribution in [0.15, 0.2) is 31.0 Å². The van der Waals surface area contributed by atoms with E-state index in [4.69, 9.17) is 4.74 Å². The summed E-state index contributed by atoms with van der Waals surface area (Å²) in [6.45, 7) is 11.8. The van der Waals surface area contributed by atoms with E-state index in [1.807, 2.05) is 6.07 Å². The highest BCUT2D eigenvalue weighted by Crippen LogP contribution is 2.12. The maximum absolute atomic E-state index is 11.8. The highest BCUT2D eigenvalue weighted by Gasteiger charge is 2.23. The van der Waals surface area contributed by atoms with Crippen LogP contribution in [0.4, 0.5) is 5.82 Å². The Morgan fingerprint density at radius 1 is 1.61 bits per heavy atom. The number of morpholine rings is 1. The zero-order valence-corrected chi connectivity index (χ0v) is 13.9. The Kier molecular flexibility index (Phi) is 6.55. The maximum atomic E-state index is 11.8. The molecule has 1 aliphatic heterocycles. The smallest absolute Gasteiger partial charge is 0.253 e. The van der Waals surface area contributed by atoms with Gasteiger partial charge in [-0.05, 0) is 26.0 Å². The molecule has 1 aliphatic rings. The molecule has 6 heteroatoms. The van der Waals surface area contributed by atoms with Gasteiger partial charge in [0.25, 0.3) is 5.91 Å². The number of amides is 1. The summed E-state index contributed by atoms with van der Waals surface area (Å²) in [5, 5.41) is 6.06. The van der Waals surface area contributed by atoms with E-state index in [2.05, 4.69) is 40.9 Å². The van der Waals surface area contributed by atoms with Crippen molar-refractivity contribution in [3.63, 3.8) is 0 Å². The molecule has 0 aromatic carbocycles. The quantitative estimate of drug-likeness (QED) is 0.746. The summed E-state index contributed by atoms with van der Waals surface area (Å²) < 4.78 is 5.47. The molecule has 0 bridgehead atoms. The number of rotatable bonds is 7. The largest absolute Gasteiger partial charge is 0.379 e. The number of carbonyl (C=O) groups excluding carboxylic acids is 1. The average Bonchev–Trinajstić information content (AvgIpc) is 2.58. The van der Waals surface area contributed by atoms with Crippen molar-refractivity contribution in [1.29, 1.82) is 0 Å². The van der Waals surface area contributed by atoms with Gasteiger partial charge < -0.3 is 15.4 Å². The van der Waals surface area contributed by atoms with Crippen LogP contribution in [-0.4, -0.2) is 60.7 Å². The molecule has 23 heavy (non-hydrogen) atoms. The SMILES string of the molecule is C=CCNC(=O)c1ccc(NC[C@@H](C)N2CCOC[C@H]2C)nc1. The van der Waals surface area contributed by atoms with Crippen molar-refractivity contribution >= 4 is 11.7 Å². The Hall–Kier alpha value is -1.92. The molecule has 0 unspecified atom stereocenters. The van der Waals surface area contributed by atoms with Crippen LogP contribution in [0.1, 0.15) is 24.2 Å². The lowest BCUT2D eigenvalue weighted by Crippen LogP contribution is -2.50. The lowest BCUT2D eigenvalue weighted by atomic mass is 10.2. The fourth-order valence-corrected chi connectivity index (χ4v) is 2.66. The number of carbonyl (C=O) groups is 1. The molecule has 6 nitrogen and oxygen atoms in total. The van der Waals surface area contributed by atoms with Gasteiger partial charge in [0.2, 0.25) is 0 Å². The number of ether oxygens (including phenoxy) is 1. The zero-order chi connectivity index (χ0) is 16.7. The minimum atomic E-state index is -0.139. The zero-order valence-electron chi connectivity index (χ0n) is 13.9. The summed E-state index contributed by atoms with van der Waals surface area (Å²) in [6, 6.07) is 4.43. The number of pyridine rings is 1. The predicted octanol–water partition coefficient (Wildman–Crippen LogP) is 1.52. The number of nitrogens with one attached hydrogen (secondary N) is 2. The maximum Gasteiger partial charge on any atom is 0.253 e. The van der Waals surface area contributed by atoms with Crippen molar-refractivity contribution in [3.8, 4) is 0 Å². The van der Waals surface area contributed by atoms with Gasteiger partial charge in [-0.2, -0.15) is 0 Å². The molecule has 0 spiro atoms. The van der Waals surface area contributed by atoms with Gasteiger partial charge in [-0.25, -0.2) is 4.98 Å². The van der Waals surface area contributed by atoms with Gasteiger partial charge in [0.15, 0.2) is 0 Å². The van der Waals surface area contributed by atoms with E-state index in [1.165, 1.54) is 0 Å². The van der Waals surface area contributed by atoms with Crippen molar-refractivity contribution in [1.82, 2.24) is 15.2 Å². The van der Waals surface area contributed by atoms with Crippen LogP contribution in [0, 0.1) is 0 Å². The van der Waals surface area contributed by atoms with Gasteiger partial charge in [-0.3, -0.25) is 9.69 Å². The highest BCUT2D eigenvalue weighted by atomic mass is 16.5. The Morgan fingerprint density at radius 2 is 2.43 bits per heavy atom. The topological polar surface area (TPSA) is 66.5 Å². The molecule has 0 saturated carbocycles. The summed E-state index contributed by atoms with van der Waals surface area (Å²) in [4.78, 5) is 18.5. The monoisotopic (exact) mass is 318 g/mol. The minimum absolute atomic E-state index is 0.139. The highest BCUT2D eigenvalue weighted by molar-refractivity contribution is 5.94. The molecule has 1 aromatic heterocycles. The van der Waals surface area contributed by atoms with Crippen LogP contribution in [-0.2, 0) is 4.74 Å². The third-order valence-electron chi connectivity index (χ3n) is 4.00. The van der Waals surface area contributed by atoms with Crippen LogP contribution in [0.5, 0.6) is 0 Å². The van der Waals surface area contributed by atoms with Gasteiger partial charge in [-0.1, -0.05) is 6.08 Å². The molecule has 2 atom stereocenters. The second-order valence-corrected chi connectivity index (χ2v) is 5.82. The summed E-state index contributed by atoms with van der Waals surface area (Å²) in [5.74, 6) is 0.637. The lowest BCUT2D eigenvalue weighted by molar-refractivity contribution is -0.0159. The van der Waals surface area contributed by atoms with Crippen LogP contribution < -0.4 is 10.6 Å². The molecule has 1 fully saturated rings. The first-order chi connectivity index (χ1) is 11.1. The van der Waals surface area contributed by atoms with Crippen LogP contribution in [0.25, 0.3) is 0 Å². The van der Waals surface area contributed by atoms with Gasteiger partial charge in [-0.15, -0.1) is 6.58 Å². The molecule has 2 heterocycles. The number of nitrogens with zero attached hydrogens (tertiary/aromatic N) is 2. The van der Waals surface area contributed by atoms with E-state index in [0.29, 0.717) is 24.2 Å². The first-order valence-corrected chi connectivity index (χ1v) is 8.04. The molecular weight excluding hydrogens is 292 g/mol. The Morgan fingerprint density at radius 3 is 3.09 bits per heavy atom. The third-order valence-corrected chi connectivity index (χ3v) is 4.00. The number of hydrogen-bond acceptors (Lipinski definition) is 5. The van der Waals surface area contributed by atoms with Crippen LogP contribution in [0.2, 0.25) is 0 Å². The number of aromatic nitrogens is 1. The summed E-state index contributed by atoms with van der Waals surface area (Å²) in [5.41, 5.74) is 0.548. The summed E-state index contributed by atoms with van der Waals surface area (Å²) in [6.07, 6.45) is 3.23. The molecule has 1 saturated heterocycles. The van der Waals surface area contributed by atoms with Crippen molar-refractivity contribution < 1.29 is 9.53 Å². The Labute approximate surface area is 137 Å². The second kappa shape index (κ2) is 8.64. The second-order valence-electron chi connectivity index (χ2n) is 5.82. The molecule has 2 rings (SSSR count). The molecule has 0 aliphatic carbocycles. The molecule has 1 amide bonds. The van der Waals surface area contributed by atoms with E-state index in [0.717, 1.165) is 32.1 Å². The van der Waals surface area contributed by atoms with Gasteiger partial charge in [0.1, 0.15) is 5.82 Å². The van der Waals surface area contributed by atoms with E-state index >= 15 is 0 Å². The fourth-order valence-electron chi connectivity index (χ4n) is 2.66. The summed E-state index contributed by atoms with van der Waals surface area (Å²) >= 11 is 0. The lowest BCUT2D eigenvalue weighted by Gasteiger charge is -2.37. The minimum Gasteiger partial charge on any atom is -0.379 e. The molecule has 2 N–H and O–H groups in total. The standard InChI is InChI=1S/C17H26N4O2/c1-4-7-18-17(22)15-5-6-16(20-11-15)19-10-13(2)21-8-9-23-12-14(21)3/h4-6,11,13-14H,1,7-10,12H2,2-3H3,(H,18,22)(H,19,20)/t13-,14-/m1/s1. The van der Waals surface area contributed by atoms with Crippen LogP contribution in [0.3, 0.4) is 0 Å². The van der Waals surface area contributed by atoms with Gasteiger partial charge >= 0.3 is 0 Å². The average molecular weight is 318 g/mol. The van der Waals surface area contributed by atoms with E-state index in [-0.39, 0.29) is 5.91 Å². The van der Waals surface area contributed by atoms with E-state index in [1.54, 1.807) is 18.3 Å². The number of hydrogen-bond donors (Lipinski definition) is 2. The first-order valence-electron chi connectivity index (χ1n) is 8.04. The van der Waals surface area contributed by atoms with Gasteiger partial charge in [0, 0.05) is 37.9 Å². The molecule has 0 radical (unpaired) electrons. The summed E-state index contributed by atoms with van der Waals surface area (Å²) in [7, 11) is 0. The fraction of sp³-hybridized carbons (Fsp3) is 0.529. The van der Waals surface area contributed by atoms with Gasteiger partial charge in [0.05, 0.1) is 18.8 Å². The molecule has 1 aromatic rings. The Bertz CT molecular complexity index is 518.